The van der Waals surface area contributed by atoms with Crippen molar-refractivity contribution < 1.29 is 13.6 Å². The van der Waals surface area contributed by atoms with Gasteiger partial charge in [0.15, 0.2) is 11.6 Å². The molecule has 1 aromatic rings. The minimum Gasteiger partial charge on any atom is -0.339 e. The average molecular weight is 359 g/mol. The number of halogens is 3. The highest BCUT2D eigenvalue weighted by Gasteiger charge is 2.26. The van der Waals surface area contributed by atoms with Crippen LogP contribution in [0, 0.1) is 17.6 Å². The number of carbonyl (C=O) groups excluding carboxylic acids is 1. The summed E-state index contributed by atoms with van der Waals surface area (Å²) in [5.41, 5.74) is 0.646. The molecule has 1 N–H and O–H groups in total. The normalized spacial score (nSPS) is 19.9. The molecule has 0 aromatic heterocycles. The zero-order valence-corrected chi connectivity index (χ0v) is 14.8. The molecule has 0 bridgehead atoms. The third kappa shape index (κ3) is 4.06. The molecule has 1 aromatic carbocycles. The van der Waals surface area contributed by atoms with Crippen LogP contribution < -0.4 is 5.32 Å². The lowest BCUT2D eigenvalue weighted by atomic mass is 9.88. The van der Waals surface area contributed by atoms with E-state index in [1.54, 1.807) is 11.0 Å². The predicted molar refractivity (Wildman–Crippen MR) is 92.8 cm³/mol. The van der Waals surface area contributed by atoms with E-state index in [4.69, 9.17) is 0 Å². The third-order valence-corrected chi connectivity index (χ3v) is 5.15. The largest absolute Gasteiger partial charge is 0.339 e. The first kappa shape index (κ1) is 19.1. The Balaban J connectivity index is 0.00000208. The molecule has 0 aliphatic carbocycles. The van der Waals surface area contributed by atoms with Gasteiger partial charge in [-0.25, -0.2) is 8.78 Å². The van der Waals surface area contributed by atoms with Crippen LogP contribution in [-0.2, 0) is 0 Å². The van der Waals surface area contributed by atoms with E-state index in [0.717, 1.165) is 44.8 Å². The van der Waals surface area contributed by atoms with Crippen LogP contribution in [-0.4, -0.2) is 37.0 Å². The summed E-state index contributed by atoms with van der Waals surface area (Å²) in [6.07, 6.45) is 3.48. The fraction of sp³-hybridized carbons (Fsp3) is 0.611. The van der Waals surface area contributed by atoms with Crippen molar-refractivity contribution in [1.82, 2.24) is 10.2 Å². The van der Waals surface area contributed by atoms with Crippen molar-refractivity contribution in [3.8, 4) is 0 Å². The molecule has 24 heavy (non-hydrogen) atoms. The second-order valence-corrected chi connectivity index (χ2v) is 6.86. The first-order chi connectivity index (χ1) is 11.1. The molecule has 0 saturated carbocycles. The summed E-state index contributed by atoms with van der Waals surface area (Å²) < 4.78 is 28.2. The van der Waals surface area contributed by atoms with Crippen molar-refractivity contribution in [1.29, 1.82) is 0 Å². The number of carbonyl (C=O) groups is 1. The molecule has 2 fully saturated rings. The SMILES string of the molecule is CC1CCN(C(=O)c2cc(F)c(F)c(C3CCNCC3)c2)CC1.Cl. The summed E-state index contributed by atoms with van der Waals surface area (Å²) in [4.78, 5) is 14.4. The van der Waals surface area contributed by atoms with Crippen molar-refractivity contribution in [2.24, 2.45) is 5.92 Å². The molecule has 0 radical (unpaired) electrons. The Kier molecular flexibility index (Phi) is 6.58. The zero-order valence-electron chi connectivity index (χ0n) is 14.0. The van der Waals surface area contributed by atoms with E-state index in [1.807, 2.05) is 0 Å². The lowest BCUT2D eigenvalue weighted by Crippen LogP contribution is -2.38. The molecule has 2 aliphatic rings. The molecule has 0 atom stereocenters. The maximum absolute atomic E-state index is 14.2. The van der Waals surface area contributed by atoms with Crippen LogP contribution in [0.4, 0.5) is 8.78 Å². The van der Waals surface area contributed by atoms with E-state index >= 15 is 0 Å². The highest BCUT2D eigenvalue weighted by molar-refractivity contribution is 5.94. The number of nitrogens with one attached hydrogen (secondary N) is 1. The van der Waals surface area contributed by atoms with E-state index in [-0.39, 0.29) is 29.8 Å². The van der Waals surface area contributed by atoms with Gasteiger partial charge in [-0.1, -0.05) is 6.92 Å². The van der Waals surface area contributed by atoms with Gasteiger partial charge >= 0.3 is 0 Å². The summed E-state index contributed by atoms with van der Waals surface area (Å²) in [6, 6.07) is 2.63. The highest BCUT2D eigenvalue weighted by Crippen LogP contribution is 2.30. The van der Waals surface area contributed by atoms with Crippen molar-refractivity contribution in [2.45, 2.75) is 38.5 Å². The Bertz CT molecular complexity index is 583. The molecule has 0 spiro atoms. The maximum Gasteiger partial charge on any atom is 0.253 e. The van der Waals surface area contributed by atoms with Crippen LogP contribution in [0.5, 0.6) is 0 Å². The maximum atomic E-state index is 14.2. The van der Waals surface area contributed by atoms with Gasteiger partial charge in [0.2, 0.25) is 0 Å². The molecular weight excluding hydrogens is 334 g/mol. The second kappa shape index (κ2) is 8.26. The number of rotatable bonds is 2. The Morgan fingerprint density at radius 1 is 1.12 bits per heavy atom. The van der Waals surface area contributed by atoms with Crippen molar-refractivity contribution in [3.63, 3.8) is 0 Å². The molecule has 3 rings (SSSR count). The average Bonchev–Trinajstić information content (AvgIpc) is 2.58. The molecule has 3 nitrogen and oxygen atoms in total. The molecule has 134 valence electrons. The Morgan fingerprint density at radius 2 is 1.75 bits per heavy atom. The first-order valence-electron chi connectivity index (χ1n) is 8.55. The summed E-state index contributed by atoms with van der Waals surface area (Å²) in [5.74, 6) is -1.27. The van der Waals surface area contributed by atoms with E-state index in [2.05, 4.69) is 12.2 Å². The minimum atomic E-state index is -0.908. The van der Waals surface area contributed by atoms with Gasteiger partial charge in [-0.2, -0.15) is 0 Å². The third-order valence-electron chi connectivity index (χ3n) is 5.15. The Hall–Kier alpha value is -1.20. The molecule has 0 unspecified atom stereocenters. The van der Waals surface area contributed by atoms with Crippen molar-refractivity contribution in [3.05, 3.63) is 34.9 Å². The number of nitrogens with zero attached hydrogens (tertiary/aromatic N) is 1. The molecular formula is C18H25ClF2N2O. The van der Waals surface area contributed by atoms with Crippen LogP contribution in [0.25, 0.3) is 0 Å². The highest BCUT2D eigenvalue weighted by atomic mass is 35.5. The predicted octanol–water partition coefficient (Wildman–Crippen LogP) is 3.73. The smallest absolute Gasteiger partial charge is 0.253 e. The second-order valence-electron chi connectivity index (χ2n) is 6.86. The molecule has 2 aliphatic heterocycles. The number of amides is 1. The molecule has 1 amide bonds. The fourth-order valence-corrected chi connectivity index (χ4v) is 3.56. The van der Waals surface area contributed by atoms with Gasteiger partial charge in [0.05, 0.1) is 0 Å². The van der Waals surface area contributed by atoms with Crippen LogP contribution in [0.15, 0.2) is 12.1 Å². The van der Waals surface area contributed by atoms with Gasteiger partial charge in [0.1, 0.15) is 0 Å². The van der Waals surface area contributed by atoms with Crippen LogP contribution >= 0.6 is 12.4 Å². The lowest BCUT2D eigenvalue weighted by molar-refractivity contribution is 0.0696. The van der Waals surface area contributed by atoms with E-state index in [9.17, 15) is 13.6 Å². The number of benzene rings is 1. The van der Waals surface area contributed by atoms with Gasteiger partial charge in [-0.05, 0) is 68.3 Å². The minimum absolute atomic E-state index is 0. The number of piperidine rings is 2. The summed E-state index contributed by atoms with van der Waals surface area (Å²) in [7, 11) is 0. The monoisotopic (exact) mass is 358 g/mol. The van der Waals surface area contributed by atoms with Crippen LogP contribution in [0.3, 0.4) is 0 Å². The zero-order chi connectivity index (χ0) is 16.4. The number of hydrogen-bond acceptors (Lipinski definition) is 2. The first-order valence-corrected chi connectivity index (χ1v) is 8.55. The summed E-state index contributed by atoms with van der Waals surface area (Å²) in [6.45, 7) is 5.17. The van der Waals surface area contributed by atoms with Crippen molar-refractivity contribution >= 4 is 18.3 Å². The van der Waals surface area contributed by atoms with E-state index in [1.165, 1.54) is 0 Å². The Labute approximate surface area is 148 Å². The fourth-order valence-electron chi connectivity index (χ4n) is 3.56. The van der Waals surface area contributed by atoms with Crippen LogP contribution in [0.2, 0.25) is 0 Å². The summed E-state index contributed by atoms with van der Waals surface area (Å²) in [5, 5.41) is 3.22. The summed E-state index contributed by atoms with van der Waals surface area (Å²) >= 11 is 0. The van der Waals surface area contributed by atoms with Gasteiger partial charge in [0.25, 0.3) is 5.91 Å². The Morgan fingerprint density at radius 3 is 2.38 bits per heavy atom. The molecule has 6 heteroatoms. The van der Waals surface area contributed by atoms with Gasteiger partial charge in [0, 0.05) is 18.7 Å². The lowest BCUT2D eigenvalue weighted by Gasteiger charge is -2.31. The quantitative estimate of drug-likeness (QED) is 0.873. The van der Waals surface area contributed by atoms with Crippen molar-refractivity contribution in [2.75, 3.05) is 26.2 Å². The van der Waals surface area contributed by atoms with Gasteiger partial charge < -0.3 is 10.2 Å². The number of hydrogen-bond donors (Lipinski definition) is 1. The number of likely N-dealkylation sites (tertiary alicyclic amines) is 1. The topological polar surface area (TPSA) is 32.3 Å². The standard InChI is InChI=1S/C18H24F2N2O.ClH/c1-12-4-8-22(9-5-12)18(23)14-10-15(17(20)16(19)11-14)13-2-6-21-7-3-13;/h10-13,21H,2-9H2,1H3;1H. The van der Waals surface area contributed by atoms with E-state index in [0.29, 0.717) is 24.6 Å². The molecule has 2 saturated heterocycles. The van der Waals surface area contributed by atoms with Gasteiger partial charge in [-0.15, -0.1) is 12.4 Å². The van der Waals surface area contributed by atoms with E-state index < -0.39 is 11.6 Å². The van der Waals surface area contributed by atoms with Crippen LogP contribution in [0.1, 0.15) is 54.4 Å². The molecule has 2 heterocycles. The van der Waals surface area contributed by atoms with Gasteiger partial charge in [-0.3, -0.25) is 4.79 Å².